The molecule has 0 saturated heterocycles. The molecule has 3 rings (SSSR count). The van der Waals surface area contributed by atoms with E-state index < -0.39 is 8.84 Å². The Bertz CT molecular complexity index is 883. The molecule has 2 aromatic rings. The van der Waals surface area contributed by atoms with Crippen LogP contribution < -0.4 is 0 Å². The fraction of sp³-hybridized carbons (Fsp3) is 0.440. The minimum Gasteiger partial charge on any atom is -0.375 e. The first-order valence-corrected chi connectivity index (χ1v) is 11.8. The second-order valence-electron chi connectivity index (χ2n) is 9.66. The van der Waals surface area contributed by atoms with E-state index in [1.165, 1.54) is 22.3 Å². The smallest absolute Gasteiger partial charge is 0.375 e. The predicted molar refractivity (Wildman–Crippen MR) is 120 cm³/mol. The van der Waals surface area contributed by atoms with Crippen molar-refractivity contribution in [3.63, 3.8) is 0 Å². The van der Waals surface area contributed by atoms with Gasteiger partial charge in [-0.15, -0.1) is 0 Å². The number of hydrogen-bond donors (Lipinski definition) is 0. The second kappa shape index (κ2) is 9.24. The Morgan fingerprint density at radius 1 is 0.931 bits per heavy atom. The molecule has 0 amide bonds. The molecule has 0 spiro atoms. The van der Waals surface area contributed by atoms with Crippen molar-refractivity contribution in [2.75, 3.05) is 7.05 Å². The van der Waals surface area contributed by atoms with E-state index in [2.05, 4.69) is 99.9 Å². The molecule has 1 aliphatic rings. The number of fused-ring (bicyclic) bond motifs is 1. The molecule has 1 aliphatic carbocycles. The Labute approximate surface area is 193 Å². The van der Waals surface area contributed by atoms with E-state index in [0.717, 1.165) is 6.42 Å². The molecule has 0 N–H and O–H groups in total. The molecule has 29 heavy (non-hydrogen) atoms. The van der Waals surface area contributed by atoms with Crippen LogP contribution in [0.4, 0.5) is 0 Å². The van der Waals surface area contributed by atoms with Crippen molar-refractivity contribution >= 4 is 14.9 Å². The van der Waals surface area contributed by atoms with Crippen LogP contribution in [-0.4, -0.2) is 26.0 Å². The molecule has 1 atom stereocenters. The van der Waals surface area contributed by atoms with Crippen LogP contribution in [0.25, 0.3) is 6.08 Å². The maximum Gasteiger partial charge on any atom is 0.395 e. The topological polar surface area (TPSA) is 20.3 Å². The average Bonchev–Trinajstić information content (AvgIpc) is 2.97. The summed E-state index contributed by atoms with van der Waals surface area (Å²) >= 11 is 0. The van der Waals surface area contributed by atoms with Crippen LogP contribution in [0.5, 0.6) is 0 Å². The zero-order chi connectivity index (χ0) is 20.5. The van der Waals surface area contributed by atoms with E-state index >= 15 is 0 Å². The van der Waals surface area contributed by atoms with Gasteiger partial charge in [0.15, 0.2) is 0 Å². The van der Waals surface area contributed by atoms with E-state index in [4.69, 9.17) is 0 Å². The van der Waals surface area contributed by atoms with Crippen LogP contribution in [-0.2, 0) is 31.6 Å². The second-order valence-corrected chi connectivity index (χ2v) is 11.5. The summed E-state index contributed by atoms with van der Waals surface area (Å²) in [5.74, 6) is 0.246. The summed E-state index contributed by atoms with van der Waals surface area (Å²) in [4.78, 5) is 0. The van der Waals surface area contributed by atoms with Gasteiger partial charge in [-0.25, -0.2) is 0 Å². The van der Waals surface area contributed by atoms with Crippen molar-refractivity contribution in [3.8, 4) is 0 Å². The van der Waals surface area contributed by atoms with Crippen LogP contribution in [0, 0.1) is 0 Å². The van der Waals surface area contributed by atoms with Crippen molar-refractivity contribution in [1.82, 2.24) is 4.57 Å². The van der Waals surface area contributed by atoms with E-state index in [9.17, 15) is 4.46 Å². The van der Waals surface area contributed by atoms with Crippen molar-refractivity contribution < 1.29 is 26.2 Å². The first-order valence-electron chi connectivity index (χ1n) is 10.2. The van der Waals surface area contributed by atoms with Crippen LogP contribution in [0.2, 0.25) is 6.04 Å². The zero-order valence-corrected chi connectivity index (χ0v) is 21.2. The Kier molecular flexibility index (Phi) is 7.64. The standard InChI is InChI=1S/C25H33NOSi.Ti/c1-24(2,3)26(6)28(27)18-23-20(16-19-12-10-11-15-22(19)23)17-25(4,5)21-13-8-7-9-14-21;/h7-16,23H,17-18H2,1-6H3;. The summed E-state index contributed by atoms with van der Waals surface area (Å²) in [6.45, 7) is 11.0. The van der Waals surface area contributed by atoms with Gasteiger partial charge in [-0.05, 0) is 49.3 Å². The van der Waals surface area contributed by atoms with E-state index in [1.807, 2.05) is 7.05 Å². The van der Waals surface area contributed by atoms with Gasteiger partial charge in [0, 0.05) is 46.3 Å². The number of hydrogen-bond acceptors (Lipinski definition) is 1. The summed E-state index contributed by atoms with van der Waals surface area (Å²) < 4.78 is 15.3. The van der Waals surface area contributed by atoms with Gasteiger partial charge in [-0.2, -0.15) is 0 Å². The van der Waals surface area contributed by atoms with Gasteiger partial charge >= 0.3 is 8.84 Å². The molecule has 152 valence electrons. The van der Waals surface area contributed by atoms with Crippen LogP contribution in [0.1, 0.15) is 63.6 Å². The van der Waals surface area contributed by atoms with Gasteiger partial charge in [0.1, 0.15) is 0 Å². The van der Waals surface area contributed by atoms with Crippen molar-refractivity contribution in [2.45, 2.75) is 64.0 Å². The van der Waals surface area contributed by atoms with Gasteiger partial charge in [0.2, 0.25) is 0 Å². The van der Waals surface area contributed by atoms with Crippen LogP contribution in [0.3, 0.4) is 0 Å². The van der Waals surface area contributed by atoms with Gasteiger partial charge in [-0.3, -0.25) is 0 Å². The fourth-order valence-electron chi connectivity index (χ4n) is 4.06. The monoisotopic (exact) mass is 439 g/mol. The number of benzene rings is 2. The van der Waals surface area contributed by atoms with Crippen molar-refractivity contribution in [3.05, 3.63) is 76.9 Å². The molecule has 0 aromatic heterocycles. The Morgan fingerprint density at radius 2 is 1.52 bits per heavy atom. The Morgan fingerprint density at radius 3 is 2.14 bits per heavy atom. The van der Waals surface area contributed by atoms with Gasteiger partial charge in [0.05, 0.1) is 0 Å². The molecule has 0 saturated carbocycles. The number of nitrogens with zero attached hydrogens (tertiary/aromatic N) is 1. The normalized spacial score (nSPS) is 15.9. The first kappa shape index (κ1) is 24.0. The molecule has 0 aliphatic heterocycles. The molecular weight excluding hydrogens is 406 g/mol. The molecule has 4 heteroatoms. The number of rotatable bonds is 6. The van der Waals surface area contributed by atoms with E-state index in [-0.39, 0.29) is 38.6 Å². The quantitative estimate of drug-likeness (QED) is 0.501. The predicted octanol–water partition coefficient (Wildman–Crippen LogP) is 6.18. The van der Waals surface area contributed by atoms with Crippen LogP contribution >= 0.6 is 0 Å². The van der Waals surface area contributed by atoms with Gasteiger partial charge in [0.25, 0.3) is 0 Å². The Hall–Kier alpha value is -1.29. The largest absolute Gasteiger partial charge is 0.395 e. The molecule has 0 bridgehead atoms. The maximum atomic E-state index is 13.2. The van der Waals surface area contributed by atoms with Crippen LogP contribution in [0.15, 0.2) is 60.2 Å². The molecule has 1 unspecified atom stereocenters. The van der Waals surface area contributed by atoms with E-state index in [0.29, 0.717) is 6.04 Å². The molecule has 0 heterocycles. The first-order chi connectivity index (χ1) is 13.1. The third-order valence-electron chi connectivity index (χ3n) is 6.12. The van der Waals surface area contributed by atoms with Gasteiger partial charge in [-0.1, -0.05) is 80.1 Å². The molecule has 2 nitrogen and oxygen atoms in total. The summed E-state index contributed by atoms with van der Waals surface area (Å²) in [6, 6.07) is 20.1. The molecule has 0 fully saturated rings. The van der Waals surface area contributed by atoms with E-state index in [1.54, 1.807) is 0 Å². The Balaban J connectivity index is 0.00000300. The fourth-order valence-corrected chi connectivity index (χ4v) is 5.92. The van der Waals surface area contributed by atoms with Gasteiger partial charge < -0.3 is 9.03 Å². The minimum absolute atomic E-state index is 0. The molecular formula is C25H33NOSiTi. The van der Waals surface area contributed by atoms with Crippen molar-refractivity contribution in [1.29, 1.82) is 0 Å². The summed E-state index contributed by atoms with van der Waals surface area (Å²) in [6.07, 6.45) is 3.32. The third-order valence-corrected chi connectivity index (χ3v) is 8.30. The summed E-state index contributed by atoms with van der Waals surface area (Å²) in [7, 11) is 0.141. The average molecular weight is 439 g/mol. The SMILES string of the molecule is CN([Si](=O)CC1C(CC(C)(C)c2ccccc2)=Cc2ccccc21)C(C)(C)C.[Ti]. The zero-order valence-electron chi connectivity index (χ0n) is 18.6. The molecule has 2 aromatic carbocycles. The minimum atomic E-state index is -1.86. The number of allylic oxidation sites excluding steroid dienone is 1. The summed E-state index contributed by atoms with van der Waals surface area (Å²) in [5.41, 5.74) is 5.35. The maximum absolute atomic E-state index is 13.2. The summed E-state index contributed by atoms with van der Waals surface area (Å²) in [5, 5.41) is 0. The molecule has 0 radical (unpaired) electrons. The third kappa shape index (κ3) is 5.45. The van der Waals surface area contributed by atoms with Crippen molar-refractivity contribution in [2.24, 2.45) is 0 Å².